The van der Waals surface area contributed by atoms with Gasteiger partial charge in [0.2, 0.25) is 12.0 Å². The Morgan fingerprint density at radius 1 is 0.984 bits per heavy atom. The Balaban J connectivity index is 1.18. The van der Waals surface area contributed by atoms with E-state index in [4.69, 9.17) is 47.1 Å². The fraction of sp³-hybridized carbons (Fsp3) is 0.370. The number of carbonyl (C=O) groups is 1. The minimum atomic E-state index is -1.46. The number of carboxylic acid groups (broad SMARTS) is 1. The molecule has 4 bridgehead atoms. The van der Waals surface area contributed by atoms with Gasteiger partial charge in [0.1, 0.15) is 53.6 Å². The Labute approximate surface area is 377 Å². The van der Waals surface area contributed by atoms with Crippen molar-refractivity contribution >= 4 is 50.7 Å². The van der Waals surface area contributed by atoms with Crippen LogP contribution in [0.2, 0.25) is 10.0 Å². The minimum Gasteiger partial charge on any atom is -0.490 e. The average molecular weight is 916 g/mol. The van der Waals surface area contributed by atoms with Gasteiger partial charge in [-0.15, -0.1) is 11.3 Å². The van der Waals surface area contributed by atoms with Crippen molar-refractivity contribution in [3.8, 4) is 44.7 Å². The number of piperazine rings is 1. The molecule has 3 aliphatic heterocycles. The second-order valence-electron chi connectivity index (χ2n) is 16.4. The number of aliphatic hydroxyl groups is 1. The molecule has 1 aliphatic carbocycles. The zero-order valence-corrected chi connectivity index (χ0v) is 37.2. The topological polar surface area (TPSA) is 152 Å². The number of halogens is 3. The number of aromatic nitrogens is 4. The molecule has 0 radical (unpaired) electrons. The summed E-state index contributed by atoms with van der Waals surface area (Å²) in [6.45, 7) is 7.86. The molecule has 0 amide bonds. The lowest BCUT2D eigenvalue weighted by Gasteiger charge is -2.35. The molecule has 328 valence electrons. The largest absolute Gasteiger partial charge is 0.490 e. The van der Waals surface area contributed by atoms with Gasteiger partial charge in [-0.2, -0.15) is 0 Å². The third-order valence-corrected chi connectivity index (χ3v) is 14.1. The maximum atomic E-state index is 14.3. The highest BCUT2D eigenvalue weighted by atomic mass is 35.5. The molecule has 0 unspecified atom stereocenters. The molecule has 0 spiro atoms. The van der Waals surface area contributed by atoms with Crippen LogP contribution < -0.4 is 18.9 Å². The number of benzene rings is 3. The Bertz CT molecular complexity index is 2660. The van der Waals surface area contributed by atoms with E-state index in [9.17, 15) is 19.4 Å². The molecule has 13 nitrogen and oxygen atoms in total. The van der Waals surface area contributed by atoms with E-state index in [0.717, 1.165) is 39.0 Å². The van der Waals surface area contributed by atoms with Gasteiger partial charge in [0.05, 0.1) is 33.1 Å². The number of carboxylic acids is 1. The molecule has 2 fully saturated rings. The fourth-order valence-electron chi connectivity index (χ4n) is 8.20. The van der Waals surface area contributed by atoms with E-state index in [1.165, 1.54) is 29.8 Å². The second-order valence-corrected chi connectivity index (χ2v) is 18.2. The number of nitrogens with zero attached hydrogens (tertiary/aromatic N) is 6. The van der Waals surface area contributed by atoms with Gasteiger partial charge in [-0.05, 0) is 92.4 Å². The lowest BCUT2D eigenvalue weighted by Crippen LogP contribution is -2.49. The van der Waals surface area contributed by atoms with Crippen molar-refractivity contribution < 1.29 is 38.3 Å². The van der Waals surface area contributed by atoms with Crippen LogP contribution in [-0.2, 0) is 23.2 Å². The second kappa shape index (κ2) is 17.8. The van der Waals surface area contributed by atoms with E-state index >= 15 is 0 Å². The first-order valence-electron chi connectivity index (χ1n) is 20.7. The molecule has 63 heavy (non-hydrogen) atoms. The van der Waals surface area contributed by atoms with Crippen LogP contribution >= 0.6 is 34.5 Å². The summed E-state index contributed by atoms with van der Waals surface area (Å²) in [5.74, 6) is 0.120. The number of hydrogen-bond acceptors (Lipinski definition) is 13. The lowest BCUT2D eigenvalue weighted by molar-refractivity contribution is -0.145. The van der Waals surface area contributed by atoms with Gasteiger partial charge in [-0.25, -0.2) is 29.1 Å². The monoisotopic (exact) mass is 914 g/mol. The molecule has 3 aromatic carbocycles. The molecule has 1 saturated carbocycles. The number of aliphatic carboxylic acids is 1. The van der Waals surface area contributed by atoms with Gasteiger partial charge >= 0.3 is 5.97 Å². The number of aliphatic hydroxyl groups excluding tert-OH is 1. The van der Waals surface area contributed by atoms with E-state index in [1.54, 1.807) is 42.6 Å². The summed E-state index contributed by atoms with van der Waals surface area (Å²) in [5.41, 5.74) is 3.93. The zero-order chi connectivity index (χ0) is 44.0. The van der Waals surface area contributed by atoms with E-state index < -0.39 is 29.4 Å². The SMILES string of the molecule is Cc1c(Cl)c2c(Cl)c(C)c1-c1c(-c3ccc(F)cc3)sc3ncnc(c13)O[C@@H](C(=O)O)Cc1cc(ccc1OCc1ccnc(C3(CO)CC3)n1)OC[C@@H](CN1CCN(C)CC1)O2. The first kappa shape index (κ1) is 43.1. The first-order chi connectivity index (χ1) is 30.4. The summed E-state index contributed by atoms with van der Waals surface area (Å²) in [5, 5.41) is 21.9. The molecule has 17 heteroatoms. The van der Waals surface area contributed by atoms with Crippen LogP contribution in [-0.4, -0.2) is 111 Å². The maximum absolute atomic E-state index is 14.3. The molecule has 10 rings (SSSR count). The van der Waals surface area contributed by atoms with E-state index in [2.05, 4.69) is 31.8 Å². The van der Waals surface area contributed by atoms with Crippen LogP contribution in [0.15, 0.2) is 61.1 Å². The number of thiophene rings is 1. The van der Waals surface area contributed by atoms with Crippen LogP contribution in [0.5, 0.6) is 23.1 Å². The van der Waals surface area contributed by atoms with Crippen LogP contribution in [0.3, 0.4) is 0 Å². The molecule has 6 heterocycles. The molecular weight excluding hydrogens is 871 g/mol. The fourth-order valence-corrected chi connectivity index (χ4v) is 9.86. The Morgan fingerprint density at radius 2 is 1.73 bits per heavy atom. The normalized spacial score (nSPS) is 18.9. The summed E-state index contributed by atoms with van der Waals surface area (Å²) in [4.78, 5) is 37.3. The third kappa shape index (κ3) is 8.74. The number of fused-ring (bicyclic) bond motifs is 7. The van der Waals surface area contributed by atoms with Crippen LogP contribution in [0.1, 0.15) is 41.1 Å². The van der Waals surface area contributed by atoms with Crippen molar-refractivity contribution in [1.82, 2.24) is 29.7 Å². The summed E-state index contributed by atoms with van der Waals surface area (Å²) in [6.07, 6.45) is 2.45. The lowest BCUT2D eigenvalue weighted by atomic mass is 9.92. The molecule has 2 atom stereocenters. The highest BCUT2D eigenvalue weighted by Crippen LogP contribution is 2.53. The number of ether oxygens (including phenoxy) is 4. The van der Waals surface area contributed by atoms with Gasteiger partial charge in [0.15, 0.2) is 5.75 Å². The Hall–Kier alpha value is -5.16. The molecule has 2 N–H and O–H groups in total. The highest BCUT2D eigenvalue weighted by Gasteiger charge is 2.46. The van der Waals surface area contributed by atoms with Crippen molar-refractivity contribution in [3.63, 3.8) is 0 Å². The van der Waals surface area contributed by atoms with Crippen molar-refractivity contribution in [2.45, 2.75) is 57.3 Å². The van der Waals surface area contributed by atoms with Gasteiger partial charge in [-0.1, -0.05) is 35.3 Å². The predicted molar refractivity (Wildman–Crippen MR) is 238 cm³/mol. The highest BCUT2D eigenvalue weighted by molar-refractivity contribution is 7.22. The Morgan fingerprint density at radius 3 is 2.43 bits per heavy atom. The molecule has 3 aromatic heterocycles. The summed E-state index contributed by atoms with van der Waals surface area (Å²) in [6, 6.07) is 13.1. The van der Waals surface area contributed by atoms with E-state index in [1.807, 2.05) is 13.8 Å². The number of hydrogen-bond donors (Lipinski definition) is 2. The Kier molecular flexibility index (Phi) is 12.2. The van der Waals surface area contributed by atoms with Crippen molar-refractivity contribution in [2.75, 3.05) is 53.0 Å². The van der Waals surface area contributed by atoms with Gasteiger partial charge in [0, 0.05) is 61.3 Å². The maximum Gasteiger partial charge on any atom is 0.345 e. The smallest absolute Gasteiger partial charge is 0.345 e. The van der Waals surface area contributed by atoms with Crippen molar-refractivity contribution in [1.29, 1.82) is 0 Å². The first-order valence-corrected chi connectivity index (χ1v) is 22.3. The number of likely N-dealkylation sites (N-methyl/N-ethyl adjacent to an activating group) is 1. The van der Waals surface area contributed by atoms with Crippen molar-refractivity contribution in [2.24, 2.45) is 0 Å². The average Bonchev–Trinajstić information content (AvgIpc) is 4.00. The summed E-state index contributed by atoms with van der Waals surface area (Å²) >= 11 is 15.9. The quantitative estimate of drug-likeness (QED) is 0.145. The van der Waals surface area contributed by atoms with Gasteiger partial charge < -0.3 is 34.1 Å². The molecule has 1 saturated heterocycles. The van der Waals surface area contributed by atoms with Crippen LogP contribution in [0, 0.1) is 19.7 Å². The van der Waals surface area contributed by atoms with E-state index in [-0.39, 0.29) is 32.1 Å². The van der Waals surface area contributed by atoms with Gasteiger partial charge in [-0.3, -0.25) is 4.90 Å². The number of rotatable bonds is 9. The summed E-state index contributed by atoms with van der Waals surface area (Å²) < 4.78 is 40.5. The third-order valence-electron chi connectivity index (χ3n) is 12.1. The molecule has 6 aromatic rings. The summed E-state index contributed by atoms with van der Waals surface area (Å²) in [7, 11) is 2.10. The zero-order valence-electron chi connectivity index (χ0n) is 34.9. The standard InChI is InChI=1S/C46H45Cl2FN6O7S/c1-25-35-26(2)39(48)40(38(25)47)61-32(20-55-16-14-54(3)15-17-55)22-59-31-8-9-33(60-21-30-10-13-50-45(53-30)46(23-56)11-12-46)28(18-31)19-34(44(57)58)62-42-37-36(35)41(63-43(37)52-24-51-42)27-4-6-29(49)7-5-27/h4-10,13,18,24,32,34,56H,11-12,14-17,19-23H2,1-3H3,(H,57,58)/t32-,34-/m1/s1. The minimum absolute atomic E-state index is 0.0243. The van der Waals surface area contributed by atoms with Gasteiger partial charge in [0.25, 0.3) is 0 Å². The van der Waals surface area contributed by atoms with Crippen molar-refractivity contribution in [3.05, 3.63) is 105 Å². The van der Waals surface area contributed by atoms with Crippen LogP contribution in [0.4, 0.5) is 4.39 Å². The molecule has 4 aliphatic rings. The predicted octanol–water partition coefficient (Wildman–Crippen LogP) is 7.94. The van der Waals surface area contributed by atoms with Crippen LogP contribution in [0.25, 0.3) is 31.8 Å². The van der Waals surface area contributed by atoms with E-state index in [0.29, 0.717) is 93.8 Å². The molecular formula is C46H45Cl2FN6O7S.